The number of aliphatic hydroxyl groups is 1. The van der Waals surface area contributed by atoms with Crippen molar-refractivity contribution in [3.8, 4) is 22.8 Å². The molecule has 2 aromatic carbocycles. The number of nitrogens with zero attached hydrogens (tertiary/aromatic N) is 2. The van der Waals surface area contributed by atoms with Crippen LogP contribution in [0.4, 0.5) is 4.39 Å². The highest BCUT2D eigenvalue weighted by Gasteiger charge is 2.20. The lowest BCUT2D eigenvalue weighted by Gasteiger charge is -2.15. The zero-order valence-electron chi connectivity index (χ0n) is 18.3. The second-order valence-corrected chi connectivity index (χ2v) is 7.51. The second kappa shape index (κ2) is 10.1. The van der Waals surface area contributed by atoms with Crippen molar-refractivity contribution < 1.29 is 23.8 Å². The van der Waals surface area contributed by atoms with Gasteiger partial charge >= 0.3 is 0 Å². The number of carbonyl (C=O) groups excluding carboxylic acids is 1. The Labute approximate surface area is 190 Å². The van der Waals surface area contributed by atoms with Gasteiger partial charge in [0, 0.05) is 18.3 Å². The number of methoxy groups -OCH3 is 1. The minimum absolute atomic E-state index is 0.0176. The van der Waals surface area contributed by atoms with Crippen LogP contribution in [0.5, 0.6) is 11.5 Å². The largest absolute Gasteiger partial charge is 0.493 e. The van der Waals surface area contributed by atoms with E-state index >= 15 is 0 Å². The molecule has 2 N–H and O–H groups in total. The van der Waals surface area contributed by atoms with E-state index in [0.717, 1.165) is 5.69 Å². The minimum Gasteiger partial charge on any atom is -0.493 e. The first kappa shape index (κ1) is 23.7. The third-order valence-corrected chi connectivity index (χ3v) is 5.37. The van der Waals surface area contributed by atoms with E-state index in [1.807, 2.05) is 13.8 Å². The lowest BCUT2D eigenvalue weighted by molar-refractivity contribution is 0.0912. The van der Waals surface area contributed by atoms with Crippen molar-refractivity contribution in [2.45, 2.75) is 20.1 Å². The topological polar surface area (TPSA) is 85.6 Å². The Morgan fingerprint density at radius 3 is 2.69 bits per heavy atom. The SMILES string of the molecule is CCOc1ccc(C(O)NCC(=O)c2nc(-c3ccc(F)c(Cl)c3)c(C)n2C)cc1OC. The zero-order chi connectivity index (χ0) is 23.4. The van der Waals surface area contributed by atoms with Crippen molar-refractivity contribution >= 4 is 17.4 Å². The highest BCUT2D eigenvalue weighted by molar-refractivity contribution is 6.31. The molecule has 0 aliphatic carbocycles. The van der Waals surface area contributed by atoms with E-state index in [2.05, 4.69) is 10.3 Å². The zero-order valence-corrected chi connectivity index (χ0v) is 19.0. The van der Waals surface area contributed by atoms with Crippen molar-refractivity contribution in [2.24, 2.45) is 7.05 Å². The molecule has 3 rings (SSSR count). The smallest absolute Gasteiger partial charge is 0.212 e. The number of ether oxygens (including phenoxy) is 2. The number of aromatic nitrogens is 2. The summed E-state index contributed by atoms with van der Waals surface area (Å²) in [5.41, 5.74) is 2.40. The number of hydrogen-bond acceptors (Lipinski definition) is 6. The standard InChI is InChI=1S/C23H25ClFN3O4/c1-5-32-19-9-7-15(11-20(19)31-4)23(30)26-12-18(29)22-27-21(13(2)28(22)3)14-6-8-17(25)16(24)10-14/h6-11,23,26,30H,5,12H2,1-4H3. The fraction of sp³-hybridized carbons (Fsp3) is 0.304. The third kappa shape index (κ3) is 4.93. The number of hydrogen-bond donors (Lipinski definition) is 2. The number of halogens is 2. The fourth-order valence-electron chi connectivity index (χ4n) is 3.26. The van der Waals surface area contributed by atoms with Gasteiger partial charge in [0.25, 0.3) is 0 Å². The summed E-state index contributed by atoms with van der Waals surface area (Å²) in [7, 11) is 3.23. The maximum Gasteiger partial charge on any atom is 0.212 e. The van der Waals surface area contributed by atoms with Crippen LogP contribution in [-0.4, -0.2) is 40.7 Å². The highest BCUT2D eigenvalue weighted by Crippen LogP contribution is 2.30. The van der Waals surface area contributed by atoms with Crippen molar-refractivity contribution in [2.75, 3.05) is 20.3 Å². The molecule has 1 atom stereocenters. The van der Waals surface area contributed by atoms with E-state index in [4.69, 9.17) is 21.1 Å². The van der Waals surface area contributed by atoms with Gasteiger partial charge < -0.3 is 19.1 Å². The van der Waals surface area contributed by atoms with Crippen LogP contribution < -0.4 is 14.8 Å². The van der Waals surface area contributed by atoms with Crippen LogP contribution in [0.1, 0.15) is 35.0 Å². The quantitative estimate of drug-likeness (QED) is 0.369. The van der Waals surface area contributed by atoms with Gasteiger partial charge in [-0.3, -0.25) is 10.1 Å². The molecule has 0 saturated heterocycles. The van der Waals surface area contributed by atoms with Gasteiger partial charge in [-0.05, 0) is 49.7 Å². The van der Waals surface area contributed by atoms with Crippen LogP contribution >= 0.6 is 11.6 Å². The number of imidazole rings is 1. The van der Waals surface area contributed by atoms with Crippen LogP contribution in [0.15, 0.2) is 36.4 Å². The van der Waals surface area contributed by atoms with E-state index in [9.17, 15) is 14.3 Å². The molecule has 0 saturated carbocycles. The normalized spacial score (nSPS) is 12.0. The summed E-state index contributed by atoms with van der Waals surface area (Å²) in [5.74, 6) is 0.427. The Hall–Kier alpha value is -2.94. The molecular formula is C23H25ClFN3O4. The van der Waals surface area contributed by atoms with Crippen molar-refractivity contribution in [3.05, 3.63) is 64.3 Å². The molecule has 0 bridgehead atoms. The predicted molar refractivity (Wildman–Crippen MR) is 120 cm³/mol. The number of carbonyl (C=O) groups is 1. The lowest BCUT2D eigenvalue weighted by atomic mass is 10.1. The molecule has 3 aromatic rings. The van der Waals surface area contributed by atoms with Gasteiger partial charge in [0.05, 0.1) is 31.0 Å². The average molecular weight is 462 g/mol. The first-order valence-electron chi connectivity index (χ1n) is 10.0. The fourth-order valence-corrected chi connectivity index (χ4v) is 3.44. The van der Waals surface area contributed by atoms with E-state index < -0.39 is 12.0 Å². The minimum atomic E-state index is -1.10. The number of rotatable bonds is 9. The predicted octanol–water partition coefficient (Wildman–Crippen LogP) is 4.06. The molecule has 170 valence electrons. The molecule has 1 aromatic heterocycles. The third-order valence-electron chi connectivity index (χ3n) is 5.08. The summed E-state index contributed by atoms with van der Waals surface area (Å²) in [4.78, 5) is 17.2. The number of Topliss-reactive ketones (excluding diaryl/α,β-unsaturated/α-hetero) is 1. The van der Waals surface area contributed by atoms with Crippen LogP contribution in [0.3, 0.4) is 0 Å². The van der Waals surface area contributed by atoms with Crippen LogP contribution in [-0.2, 0) is 7.05 Å². The molecule has 32 heavy (non-hydrogen) atoms. The van der Waals surface area contributed by atoms with Crippen molar-refractivity contribution in [3.63, 3.8) is 0 Å². The number of ketones is 1. The Bertz CT molecular complexity index is 1130. The van der Waals surface area contributed by atoms with Crippen LogP contribution in [0.25, 0.3) is 11.3 Å². The first-order valence-corrected chi connectivity index (χ1v) is 10.4. The van der Waals surface area contributed by atoms with Gasteiger partial charge in [0.15, 0.2) is 17.3 Å². The van der Waals surface area contributed by atoms with Gasteiger partial charge in [-0.2, -0.15) is 0 Å². The van der Waals surface area contributed by atoms with Crippen LogP contribution in [0.2, 0.25) is 5.02 Å². The lowest BCUT2D eigenvalue weighted by Crippen LogP contribution is -2.29. The van der Waals surface area contributed by atoms with Gasteiger partial charge in [-0.15, -0.1) is 0 Å². The molecular weight excluding hydrogens is 437 g/mol. The summed E-state index contributed by atoms with van der Waals surface area (Å²) in [6.45, 7) is 4.01. The Morgan fingerprint density at radius 2 is 2.03 bits per heavy atom. The number of benzene rings is 2. The van der Waals surface area contributed by atoms with Gasteiger partial charge in [0.1, 0.15) is 12.0 Å². The molecule has 0 fully saturated rings. The monoisotopic (exact) mass is 461 g/mol. The van der Waals surface area contributed by atoms with Crippen molar-refractivity contribution in [1.82, 2.24) is 14.9 Å². The van der Waals surface area contributed by atoms with E-state index in [1.165, 1.54) is 19.2 Å². The summed E-state index contributed by atoms with van der Waals surface area (Å²) < 4.78 is 25.9. The van der Waals surface area contributed by atoms with Gasteiger partial charge in [-0.25, -0.2) is 9.37 Å². The molecule has 0 amide bonds. The number of nitrogens with one attached hydrogen (secondary N) is 1. The molecule has 0 spiro atoms. The molecule has 0 aliphatic heterocycles. The maximum atomic E-state index is 13.5. The molecule has 1 unspecified atom stereocenters. The van der Waals surface area contributed by atoms with E-state index in [1.54, 1.807) is 35.9 Å². The summed E-state index contributed by atoms with van der Waals surface area (Å²) in [6.07, 6.45) is -1.10. The average Bonchev–Trinajstić information content (AvgIpc) is 3.08. The Kier molecular flexibility index (Phi) is 7.50. The van der Waals surface area contributed by atoms with Crippen molar-refractivity contribution in [1.29, 1.82) is 0 Å². The Morgan fingerprint density at radius 1 is 1.28 bits per heavy atom. The molecule has 0 aliphatic rings. The highest BCUT2D eigenvalue weighted by atomic mass is 35.5. The first-order chi connectivity index (χ1) is 15.3. The van der Waals surface area contributed by atoms with E-state index in [-0.39, 0.29) is 23.2 Å². The Balaban J connectivity index is 1.74. The molecule has 7 nitrogen and oxygen atoms in total. The molecule has 0 radical (unpaired) electrons. The maximum absolute atomic E-state index is 13.5. The van der Waals surface area contributed by atoms with Gasteiger partial charge in [0.2, 0.25) is 5.78 Å². The summed E-state index contributed by atoms with van der Waals surface area (Å²) in [5, 5.41) is 13.3. The van der Waals surface area contributed by atoms with Gasteiger partial charge in [-0.1, -0.05) is 17.7 Å². The summed E-state index contributed by atoms with van der Waals surface area (Å²) >= 11 is 5.89. The second-order valence-electron chi connectivity index (χ2n) is 7.11. The molecule has 1 heterocycles. The van der Waals surface area contributed by atoms with E-state index in [0.29, 0.717) is 34.9 Å². The number of aliphatic hydroxyl groups excluding tert-OH is 1. The van der Waals surface area contributed by atoms with Crippen LogP contribution in [0, 0.1) is 12.7 Å². The molecule has 9 heteroatoms. The summed E-state index contributed by atoms with van der Waals surface area (Å²) in [6, 6.07) is 9.34.